The molecule has 5 nitrogen and oxygen atoms in total. The van der Waals surface area contributed by atoms with Crippen molar-refractivity contribution in [1.29, 1.82) is 0 Å². The van der Waals surface area contributed by atoms with Crippen molar-refractivity contribution in [2.45, 2.75) is 12.5 Å². The van der Waals surface area contributed by atoms with Gasteiger partial charge in [-0.05, 0) is 35.4 Å². The summed E-state index contributed by atoms with van der Waals surface area (Å²) in [5, 5.41) is 6.84. The van der Waals surface area contributed by atoms with Crippen LogP contribution in [0.4, 0.5) is 4.39 Å². The SMILES string of the molecule is O=C(NC(c1ccccc1)c1ccco1)c1cc(Cc2cccc(F)c2)no1. The molecular weight excluding hydrogens is 359 g/mol. The van der Waals surface area contributed by atoms with Gasteiger partial charge in [0, 0.05) is 12.5 Å². The number of rotatable bonds is 6. The molecule has 2 aromatic heterocycles. The molecule has 0 fully saturated rings. The first kappa shape index (κ1) is 17.7. The summed E-state index contributed by atoms with van der Waals surface area (Å²) in [6.07, 6.45) is 1.93. The van der Waals surface area contributed by atoms with Crippen molar-refractivity contribution in [2.75, 3.05) is 0 Å². The van der Waals surface area contributed by atoms with Gasteiger partial charge in [-0.1, -0.05) is 47.6 Å². The third kappa shape index (κ3) is 4.01. The van der Waals surface area contributed by atoms with E-state index in [0.717, 1.165) is 11.1 Å². The van der Waals surface area contributed by atoms with E-state index in [1.807, 2.05) is 30.3 Å². The van der Waals surface area contributed by atoms with Crippen molar-refractivity contribution in [3.05, 3.63) is 113 Å². The number of carbonyl (C=O) groups is 1. The van der Waals surface area contributed by atoms with Crippen molar-refractivity contribution in [3.8, 4) is 0 Å². The monoisotopic (exact) mass is 376 g/mol. The Morgan fingerprint density at radius 3 is 2.64 bits per heavy atom. The maximum absolute atomic E-state index is 13.3. The lowest BCUT2D eigenvalue weighted by atomic mass is 10.0. The fourth-order valence-corrected chi connectivity index (χ4v) is 2.98. The summed E-state index contributed by atoms with van der Waals surface area (Å²) in [5.41, 5.74) is 2.17. The Balaban J connectivity index is 1.51. The van der Waals surface area contributed by atoms with Crippen molar-refractivity contribution < 1.29 is 18.1 Å². The average Bonchev–Trinajstić information content (AvgIpc) is 3.39. The van der Waals surface area contributed by atoms with Crippen LogP contribution in [0, 0.1) is 5.82 Å². The quantitative estimate of drug-likeness (QED) is 0.537. The number of halogens is 1. The molecule has 4 rings (SSSR count). The van der Waals surface area contributed by atoms with E-state index in [1.165, 1.54) is 12.1 Å². The topological polar surface area (TPSA) is 68.3 Å². The molecule has 0 aliphatic heterocycles. The van der Waals surface area contributed by atoms with Gasteiger partial charge in [-0.2, -0.15) is 0 Å². The predicted molar refractivity (Wildman–Crippen MR) is 100 cm³/mol. The highest BCUT2D eigenvalue weighted by Gasteiger charge is 2.22. The Morgan fingerprint density at radius 1 is 1.04 bits per heavy atom. The standard InChI is InChI=1S/C22H17FN2O3/c23-17-9-4-6-15(12-17)13-18-14-20(28-25-18)22(26)24-21(19-10-5-11-27-19)16-7-2-1-3-8-16/h1-12,14,21H,13H2,(H,24,26). The Hall–Kier alpha value is -3.67. The summed E-state index contributed by atoms with van der Waals surface area (Å²) >= 11 is 0. The summed E-state index contributed by atoms with van der Waals surface area (Å²) in [7, 11) is 0. The van der Waals surface area contributed by atoms with Gasteiger partial charge in [0.1, 0.15) is 17.6 Å². The Morgan fingerprint density at radius 2 is 1.89 bits per heavy atom. The molecule has 0 saturated heterocycles. The molecule has 1 atom stereocenters. The minimum absolute atomic E-state index is 0.0823. The number of furan rings is 1. The normalized spacial score (nSPS) is 11.9. The van der Waals surface area contributed by atoms with Gasteiger partial charge in [-0.15, -0.1) is 0 Å². The molecule has 0 aliphatic carbocycles. The van der Waals surface area contributed by atoms with E-state index >= 15 is 0 Å². The molecule has 0 radical (unpaired) electrons. The number of hydrogen-bond acceptors (Lipinski definition) is 4. The van der Waals surface area contributed by atoms with Crippen molar-refractivity contribution in [2.24, 2.45) is 0 Å². The van der Waals surface area contributed by atoms with Crippen LogP contribution in [0.25, 0.3) is 0 Å². The number of benzene rings is 2. The molecular formula is C22H17FN2O3. The van der Waals surface area contributed by atoms with Crippen LogP contribution < -0.4 is 5.32 Å². The smallest absolute Gasteiger partial charge is 0.290 e. The highest BCUT2D eigenvalue weighted by molar-refractivity contribution is 5.91. The number of carbonyl (C=O) groups excluding carboxylic acids is 1. The van der Waals surface area contributed by atoms with E-state index in [-0.39, 0.29) is 11.6 Å². The molecule has 0 spiro atoms. The van der Waals surface area contributed by atoms with Crippen LogP contribution in [-0.2, 0) is 6.42 Å². The molecule has 140 valence electrons. The van der Waals surface area contributed by atoms with E-state index < -0.39 is 11.9 Å². The molecule has 1 N–H and O–H groups in total. The minimum Gasteiger partial charge on any atom is -0.467 e. The molecule has 1 amide bonds. The van der Waals surface area contributed by atoms with Gasteiger partial charge in [-0.3, -0.25) is 4.79 Å². The number of nitrogens with zero attached hydrogens (tertiary/aromatic N) is 1. The average molecular weight is 376 g/mol. The third-order valence-corrected chi connectivity index (χ3v) is 4.29. The minimum atomic E-state index is -0.458. The number of nitrogens with one attached hydrogen (secondary N) is 1. The molecule has 1 unspecified atom stereocenters. The van der Waals surface area contributed by atoms with Gasteiger partial charge >= 0.3 is 0 Å². The van der Waals surface area contributed by atoms with Gasteiger partial charge in [0.2, 0.25) is 5.76 Å². The van der Waals surface area contributed by atoms with Crippen molar-refractivity contribution in [1.82, 2.24) is 10.5 Å². The summed E-state index contributed by atoms with van der Waals surface area (Å²) in [5.74, 6) is -0.0377. The molecule has 4 aromatic rings. The fourth-order valence-electron chi connectivity index (χ4n) is 2.98. The molecule has 2 aromatic carbocycles. The maximum Gasteiger partial charge on any atom is 0.290 e. The molecule has 0 bridgehead atoms. The summed E-state index contributed by atoms with van der Waals surface area (Å²) in [6, 6.07) is 20.4. The Bertz CT molecular complexity index is 1060. The predicted octanol–water partition coefficient (Wildman–Crippen LogP) is 4.52. The van der Waals surface area contributed by atoms with E-state index in [4.69, 9.17) is 8.94 Å². The number of aromatic nitrogens is 1. The van der Waals surface area contributed by atoms with Crippen molar-refractivity contribution in [3.63, 3.8) is 0 Å². The number of amides is 1. The van der Waals surface area contributed by atoms with E-state index in [0.29, 0.717) is 17.9 Å². The zero-order valence-corrected chi connectivity index (χ0v) is 14.8. The maximum atomic E-state index is 13.3. The zero-order valence-electron chi connectivity index (χ0n) is 14.8. The molecule has 0 aliphatic rings. The van der Waals surface area contributed by atoms with Crippen LogP contribution in [-0.4, -0.2) is 11.1 Å². The Kier molecular flexibility index (Phi) is 5.01. The van der Waals surface area contributed by atoms with Crippen LogP contribution in [0.2, 0.25) is 0 Å². The van der Waals surface area contributed by atoms with Gasteiger partial charge in [0.05, 0.1) is 12.0 Å². The van der Waals surface area contributed by atoms with Crippen LogP contribution in [0.1, 0.15) is 39.2 Å². The molecule has 6 heteroatoms. The summed E-state index contributed by atoms with van der Waals surface area (Å²) < 4.78 is 24.0. The lowest BCUT2D eigenvalue weighted by Gasteiger charge is -2.16. The van der Waals surface area contributed by atoms with Crippen LogP contribution in [0.5, 0.6) is 0 Å². The third-order valence-electron chi connectivity index (χ3n) is 4.29. The second-order valence-corrected chi connectivity index (χ2v) is 6.32. The van der Waals surface area contributed by atoms with Gasteiger partial charge in [-0.25, -0.2) is 4.39 Å². The second-order valence-electron chi connectivity index (χ2n) is 6.32. The molecule has 2 heterocycles. The second kappa shape index (κ2) is 7.92. The zero-order chi connectivity index (χ0) is 19.3. The van der Waals surface area contributed by atoms with Gasteiger partial charge < -0.3 is 14.3 Å². The summed E-state index contributed by atoms with van der Waals surface area (Å²) in [4.78, 5) is 12.7. The molecule has 0 saturated carbocycles. The fraction of sp³-hybridized carbons (Fsp3) is 0.0909. The number of hydrogen-bond donors (Lipinski definition) is 1. The molecule has 28 heavy (non-hydrogen) atoms. The van der Waals surface area contributed by atoms with E-state index in [2.05, 4.69) is 10.5 Å². The van der Waals surface area contributed by atoms with Gasteiger partial charge in [0.25, 0.3) is 5.91 Å². The first-order valence-electron chi connectivity index (χ1n) is 8.78. The van der Waals surface area contributed by atoms with Gasteiger partial charge in [0.15, 0.2) is 0 Å². The highest BCUT2D eigenvalue weighted by atomic mass is 19.1. The summed E-state index contributed by atoms with van der Waals surface area (Å²) in [6.45, 7) is 0. The first-order valence-corrected chi connectivity index (χ1v) is 8.78. The first-order chi connectivity index (χ1) is 13.7. The van der Waals surface area contributed by atoms with E-state index in [9.17, 15) is 9.18 Å². The lowest BCUT2D eigenvalue weighted by Crippen LogP contribution is -2.28. The van der Waals surface area contributed by atoms with Crippen LogP contribution >= 0.6 is 0 Å². The largest absolute Gasteiger partial charge is 0.467 e. The van der Waals surface area contributed by atoms with E-state index in [1.54, 1.807) is 36.6 Å². The van der Waals surface area contributed by atoms with Crippen LogP contribution in [0.3, 0.4) is 0 Å². The highest BCUT2D eigenvalue weighted by Crippen LogP contribution is 2.23. The van der Waals surface area contributed by atoms with Crippen molar-refractivity contribution >= 4 is 5.91 Å². The van der Waals surface area contributed by atoms with Crippen LogP contribution in [0.15, 0.2) is 88.0 Å². The lowest BCUT2D eigenvalue weighted by molar-refractivity contribution is 0.0901. The Labute approximate surface area is 160 Å².